The van der Waals surface area contributed by atoms with Crippen molar-refractivity contribution in [2.24, 2.45) is 5.92 Å². The molecule has 0 aromatic carbocycles. The number of rotatable bonds is 6. The van der Waals surface area contributed by atoms with Gasteiger partial charge in [-0.3, -0.25) is 9.69 Å². The number of carboxylic acid groups (broad SMARTS) is 1. The molecule has 1 fully saturated rings. The zero-order valence-electron chi connectivity index (χ0n) is 12.5. The molecule has 1 aliphatic rings. The highest BCUT2D eigenvalue weighted by Crippen LogP contribution is 2.34. The minimum absolute atomic E-state index is 0.186. The van der Waals surface area contributed by atoms with Crippen LogP contribution in [0.2, 0.25) is 0 Å². The number of unbranched alkanes of at least 4 members (excludes halogenated alkanes) is 1. The molecule has 20 heavy (non-hydrogen) atoms. The molecular formula is C16H25NO2S. The number of nitrogens with zero attached hydrogens (tertiary/aromatic N) is 1. The first kappa shape index (κ1) is 15.5. The molecule has 4 heteroatoms. The first-order chi connectivity index (χ1) is 9.61. The van der Waals surface area contributed by atoms with Crippen LogP contribution in [-0.2, 0) is 4.79 Å². The third-order valence-electron chi connectivity index (χ3n) is 4.16. The standard InChI is InChI=1S/C16H25NO2S/c1-3-4-7-14(15-9-8-12(2)20-15)17-10-5-6-13(11-17)16(18)19/h8-9,13-14H,3-7,10-11H2,1-2H3,(H,18,19). The Morgan fingerprint density at radius 2 is 2.35 bits per heavy atom. The second kappa shape index (κ2) is 7.23. The molecule has 2 rings (SSSR count). The van der Waals surface area contributed by atoms with Crippen molar-refractivity contribution in [2.75, 3.05) is 13.1 Å². The summed E-state index contributed by atoms with van der Waals surface area (Å²) in [4.78, 5) is 16.4. The highest BCUT2D eigenvalue weighted by molar-refractivity contribution is 7.12. The Morgan fingerprint density at radius 1 is 1.55 bits per heavy atom. The van der Waals surface area contributed by atoms with E-state index in [4.69, 9.17) is 0 Å². The minimum atomic E-state index is -0.633. The minimum Gasteiger partial charge on any atom is -0.481 e. The molecule has 1 aliphatic heterocycles. The monoisotopic (exact) mass is 295 g/mol. The summed E-state index contributed by atoms with van der Waals surface area (Å²) in [7, 11) is 0. The second-order valence-corrected chi connectivity index (χ2v) is 7.10. The number of hydrogen-bond donors (Lipinski definition) is 1. The van der Waals surface area contributed by atoms with Gasteiger partial charge in [-0.15, -0.1) is 11.3 Å². The van der Waals surface area contributed by atoms with Gasteiger partial charge in [-0.05, 0) is 44.9 Å². The number of likely N-dealkylation sites (tertiary alicyclic amines) is 1. The van der Waals surface area contributed by atoms with Crippen LogP contribution in [0.5, 0.6) is 0 Å². The summed E-state index contributed by atoms with van der Waals surface area (Å²) < 4.78 is 0. The number of aliphatic carboxylic acids is 1. The third kappa shape index (κ3) is 3.83. The van der Waals surface area contributed by atoms with Crippen molar-refractivity contribution in [3.05, 3.63) is 21.9 Å². The van der Waals surface area contributed by atoms with Gasteiger partial charge in [0, 0.05) is 22.3 Å². The van der Waals surface area contributed by atoms with Crippen LogP contribution in [0.4, 0.5) is 0 Å². The van der Waals surface area contributed by atoms with E-state index in [-0.39, 0.29) is 5.92 Å². The summed E-state index contributed by atoms with van der Waals surface area (Å²) in [5, 5.41) is 9.26. The average Bonchev–Trinajstić information content (AvgIpc) is 2.86. The topological polar surface area (TPSA) is 40.5 Å². The average molecular weight is 295 g/mol. The van der Waals surface area contributed by atoms with Crippen LogP contribution in [0.25, 0.3) is 0 Å². The van der Waals surface area contributed by atoms with Crippen molar-refractivity contribution in [2.45, 2.75) is 52.0 Å². The van der Waals surface area contributed by atoms with E-state index in [0.29, 0.717) is 12.6 Å². The van der Waals surface area contributed by atoms with Crippen LogP contribution in [-0.4, -0.2) is 29.1 Å². The van der Waals surface area contributed by atoms with Gasteiger partial charge in [0.1, 0.15) is 0 Å². The summed E-state index contributed by atoms with van der Waals surface area (Å²) in [5.41, 5.74) is 0. The van der Waals surface area contributed by atoms with Crippen LogP contribution >= 0.6 is 11.3 Å². The van der Waals surface area contributed by atoms with E-state index >= 15 is 0 Å². The predicted octanol–water partition coefficient (Wildman–Crippen LogP) is 4.08. The highest BCUT2D eigenvalue weighted by atomic mass is 32.1. The van der Waals surface area contributed by atoms with Crippen molar-refractivity contribution < 1.29 is 9.90 Å². The van der Waals surface area contributed by atoms with Gasteiger partial charge in [0.05, 0.1) is 5.92 Å². The van der Waals surface area contributed by atoms with Gasteiger partial charge in [0.25, 0.3) is 0 Å². The number of carboxylic acids is 1. The fraction of sp³-hybridized carbons (Fsp3) is 0.688. The van der Waals surface area contributed by atoms with E-state index in [1.165, 1.54) is 22.6 Å². The van der Waals surface area contributed by atoms with Crippen molar-refractivity contribution in [3.8, 4) is 0 Å². The SMILES string of the molecule is CCCCC(c1ccc(C)s1)N1CCCC(C(=O)O)C1. The molecule has 1 aromatic heterocycles. The Kier molecular flexibility index (Phi) is 5.61. The predicted molar refractivity (Wildman–Crippen MR) is 83.3 cm³/mol. The molecular weight excluding hydrogens is 270 g/mol. The van der Waals surface area contributed by atoms with Crippen LogP contribution in [0.1, 0.15) is 54.8 Å². The van der Waals surface area contributed by atoms with E-state index in [1.54, 1.807) is 0 Å². The first-order valence-corrected chi connectivity index (χ1v) is 8.46. The second-order valence-electron chi connectivity index (χ2n) is 5.78. The lowest BCUT2D eigenvalue weighted by Crippen LogP contribution is -2.40. The van der Waals surface area contributed by atoms with Gasteiger partial charge in [0.15, 0.2) is 0 Å². The lowest BCUT2D eigenvalue weighted by atomic mass is 9.95. The molecule has 0 amide bonds. The van der Waals surface area contributed by atoms with Crippen LogP contribution < -0.4 is 0 Å². The maximum atomic E-state index is 11.3. The molecule has 2 heterocycles. The Bertz CT molecular complexity index is 443. The number of hydrogen-bond acceptors (Lipinski definition) is 3. The third-order valence-corrected chi connectivity index (χ3v) is 5.27. The Morgan fingerprint density at radius 3 is 2.95 bits per heavy atom. The maximum Gasteiger partial charge on any atom is 0.307 e. The van der Waals surface area contributed by atoms with Gasteiger partial charge in [-0.1, -0.05) is 19.8 Å². The van der Waals surface area contributed by atoms with Crippen LogP contribution in [0.15, 0.2) is 12.1 Å². The van der Waals surface area contributed by atoms with Crippen molar-refractivity contribution in [3.63, 3.8) is 0 Å². The quantitative estimate of drug-likeness (QED) is 0.859. The van der Waals surface area contributed by atoms with Gasteiger partial charge < -0.3 is 5.11 Å². The summed E-state index contributed by atoms with van der Waals surface area (Å²) in [5.74, 6) is -0.819. The van der Waals surface area contributed by atoms with Gasteiger partial charge >= 0.3 is 5.97 Å². The van der Waals surface area contributed by atoms with Gasteiger partial charge in [0.2, 0.25) is 0 Å². The maximum absolute atomic E-state index is 11.3. The summed E-state index contributed by atoms with van der Waals surface area (Å²) in [6, 6.07) is 4.82. The molecule has 0 saturated carbocycles. The first-order valence-electron chi connectivity index (χ1n) is 7.65. The molecule has 0 aliphatic carbocycles. The fourth-order valence-corrected chi connectivity index (χ4v) is 4.07. The Hall–Kier alpha value is -0.870. The van der Waals surface area contributed by atoms with Gasteiger partial charge in [-0.25, -0.2) is 0 Å². The zero-order valence-corrected chi connectivity index (χ0v) is 13.3. The number of aryl methyl sites for hydroxylation is 1. The Balaban J connectivity index is 2.11. The number of thiophene rings is 1. The smallest absolute Gasteiger partial charge is 0.307 e. The lowest BCUT2D eigenvalue weighted by molar-refractivity contribution is -0.144. The number of carbonyl (C=O) groups is 1. The molecule has 0 spiro atoms. The Labute approximate surface area is 125 Å². The molecule has 3 nitrogen and oxygen atoms in total. The van der Waals surface area contributed by atoms with E-state index in [0.717, 1.165) is 25.8 Å². The zero-order chi connectivity index (χ0) is 14.5. The summed E-state index contributed by atoms with van der Waals surface area (Å²) in [6.07, 6.45) is 5.37. The highest BCUT2D eigenvalue weighted by Gasteiger charge is 2.30. The van der Waals surface area contributed by atoms with E-state index in [1.807, 2.05) is 11.3 Å². The van der Waals surface area contributed by atoms with Crippen molar-refractivity contribution in [1.82, 2.24) is 4.90 Å². The molecule has 0 bridgehead atoms. The molecule has 1 N–H and O–H groups in total. The summed E-state index contributed by atoms with van der Waals surface area (Å²) in [6.45, 7) is 6.10. The van der Waals surface area contributed by atoms with Crippen molar-refractivity contribution in [1.29, 1.82) is 0 Å². The summed E-state index contributed by atoms with van der Waals surface area (Å²) >= 11 is 1.86. The fourth-order valence-electron chi connectivity index (χ4n) is 3.03. The lowest BCUT2D eigenvalue weighted by Gasteiger charge is -2.36. The molecule has 1 saturated heterocycles. The van der Waals surface area contributed by atoms with E-state index in [2.05, 4.69) is 30.9 Å². The number of piperidine rings is 1. The molecule has 1 aromatic rings. The largest absolute Gasteiger partial charge is 0.481 e. The van der Waals surface area contributed by atoms with Crippen LogP contribution in [0.3, 0.4) is 0 Å². The molecule has 2 atom stereocenters. The van der Waals surface area contributed by atoms with E-state index < -0.39 is 5.97 Å². The normalized spacial score (nSPS) is 21.8. The molecule has 0 radical (unpaired) electrons. The van der Waals surface area contributed by atoms with E-state index in [9.17, 15) is 9.90 Å². The van der Waals surface area contributed by atoms with Crippen LogP contribution in [0, 0.1) is 12.8 Å². The van der Waals surface area contributed by atoms with Crippen molar-refractivity contribution >= 4 is 17.3 Å². The molecule has 2 unspecified atom stereocenters. The van der Waals surface area contributed by atoms with Gasteiger partial charge in [-0.2, -0.15) is 0 Å². The molecule has 112 valence electrons.